The first kappa shape index (κ1) is 17.6. The van der Waals surface area contributed by atoms with Crippen LogP contribution in [-0.4, -0.2) is 27.7 Å². The average molecular weight is 318 g/mol. The van der Waals surface area contributed by atoms with Crippen molar-refractivity contribution in [1.82, 2.24) is 5.06 Å². The van der Waals surface area contributed by atoms with Crippen LogP contribution in [0.25, 0.3) is 6.08 Å². The van der Waals surface area contributed by atoms with E-state index in [1.807, 2.05) is 35.4 Å². The van der Waals surface area contributed by atoms with Crippen LogP contribution in [0.15, 0.2) is 36.0 Å². The van der Waals surface area contributed by atoms with Gasteiger partial charge in [0.15, 0.2) is 6.61 Å². The highest BCUT2D eigenvalue weighted by Crippen LogP contribution is 2.38. The summed E-state index contributed by atoms with van der Waals surface area (Å²) in [6.45, 7) is 8.47. The Balaban J connectivity index is 2.15. The van der Waals surface area contributed by atoms with Gasteiger partial charge in [0.25, 0.3) is 5.70 Å². The molecule has 1 heterocycles. The second-order valence-electron chi connectivity index (χ2n) is 7.35. The maximum atomic E-state index is 11.3. The van der Waals surface area contributed by atoms with Crippen molar-refractivity contribution in [2.45, 2.75) is 58.0 Å². The maximum absolute atomic E-state index is 11.3. The van der Waals surface area contributed by atoms with Crippen LogP contribution in [0.5, 0.6) is 0 Å². The van der Waals surface area contributed by atoms with Crippen LogP contribution in [0, 0.1) is 10.1 Å². The van der Waals surface area contributed by atoms with Crippen LogP contribution in [0.4, 0.5) is 0 Å². The molecule has 126 valence electrons. The molecule has 0 unspecified atom stereocenters. The van der Waals surface area contributed by atoms with E-state index in [9.17, 15) is 10.1 Å². The number of piperidine rings is 1. The minimum atomic E-state index is -0.364. The van der Waals surface area contributed by atoms with E-state index in [0.717, 1.165) is 24.8 Å². The van der Waals surface area contributed by atoms with Gasteiger partial charge in [-0.05, 0) is 52.5 Å². The molecule has 1 aromatic carbocycles. The van der Waals surface area contributed by atoms with E-state index in [-0.39, 0.29) is 28.3 Å². The maximum Gasteiger partial charge on any atom is 0.274 e. The molecule has 1 aliphatic rings. The number of hydrogen-bond donors (Lipinski definition) is 0. The molecule has 23 heavy (non-hydrogen) atoms. The number of hydrogen-bond acceptors (Lipinski definition) is 4. The van der Waals surface area contributed by atoms with Crippen molar-refractivity contribution in [3.8, 4) is 0 Å². The summed E-state index contributed by atoms with van der Waals surface area (Å²) in [4.78, 5) is 16.9. The van der Waals surface area contributed by atoms with Crippen molar-refractivity contribution < 1.29 is 9.76 Å². The summed E-state index contributed by atoms with van der Waals surface area (Å²) >= 11 is 0. The molecule has 0 spiro atoms. The predicted octanol–water partition coefficient (Wildman–Crippen LogP) is 4.28. The summed E-state index contributed by atoms with van der Waals surface area (Å²) < 4.78 is 0. The quantitative estimate of drug-likeness (QED) is 0.600. The molecule has 5 heteroatoms. The Bertz CT molecular complexity index is 563. The highest BCUT2D eigenvalue weighted by molar-refractivity contribution is 5.50. The summed E-state index contributed by atoms with van der Waals surface area (Å²) in [6.07, 6.45) is 4.75. The van der Waals surface area contributed by atoms with Gasteiger partial charge in [0.05, 0.1) is 4.92 Å². The number of benzene rings is 1. The van der Waals surface area contributed by atoms with Crippen molar-refractivity contribution in [2.24, 2.45) is 0 Å². The third-order valence-electron chi connectivity index (χ3n) is 4.39. The van der Waals surface area contributed by atoms with E-state index < -0.39 is 0 Å². The molecule has 0 saturated carbocycles. The number of nitrogens with zero attached hydrogens (tertiary/aromatic N) is 2. The lowest BCUT2D eigenvalue weighted by molar-refractivity contribution is -0.436. The van der Waals surface area contributed by atoms with Gasteiger partial charge in [-0.3, -0.25) is 15.0 Å². The first-order valence-corrected chi connectivity index (χ1v) is 8.06. The lowest BCUT2D eigenvalue weighted by atomic mass is 9.82. The molecule has 0 amide bonds. The Kier molecular flexibility index (Phi) is 5.22. The first-order chi connectivity index (χ1) is 10.7. The van der Waals surface area contributed by atoms with Gasteiger partial charge in [-0.1, -0.05) is 30.3 Å². The predicted molar refractivity (Wildman–Crippen MR) is 91.2 cm³/mol. The summed E-state index contributed by atoms with van der Waals surface area (Å²) in [6, 6.07) is 9.30. The Labute approximate surface area is 138 Å². The van der Waals surface area contributed by atoms with Crippen LogP contribution >= 0.6 is 0 Å². The van der Waals surface area contributed by atoms with Crippen molar-refractivity contribution >= 4 is 6.08 Å². The molecule has 0 N–H and O–H groups in total. The summed E-state index contributed by atoms with van der Waals surface area (Å²) in [5.74, 6) is 0. The molecule has 2 rings (SSSR count). The highest BCUT2D eigenvalue weighted by atomic mass is 16.7. The van der Waals surface area contributed by atoms with E-state index in [1.165, 1.54) is 0 Å². The average Bonchev–Trinajstić information content (AvgIpc) is 2.45. The van der Waals surface area contributed by atoms with Gasteiger partial charge >= 0.3 is 0 Å². The Morgan fingerprint density at radius 1 is 1.22 bits per heavy atom. The van der Waals surface area contributed by atoms with Crippen LogP contribution in [0.3, 0.4) is 0 Å². The number of rotatable bonds is 5. The van der Waals surface area contributed by atoms with Gasteiger partial charge in [0, 0.05) is 17.2 Å². The molecule has 5 nitrogen and oxygen atoms in total. The molecule has 1 aliphatic heterocycles. The fourth-order valence-corrected chi connectivity index (χ4v) is 3.34. The second kappa shape index (κ2) is 6.81. The number of hydroxylamine groups is 2. The Morgan fingerprint density at radius 3 is 2.30 bits per heavy atom. The molecule has 1 fully saturated rings. The molecular weight excluding hydrogens is 292 g/mol. The molecular formula is C18H26N2O3. The summed E-state index contributed by atoms with van der Waals surface area (Å²) in [7, 11) is 0. The minimum absolute atomic E-state index is 0.0330. The van der Waals surface area contributed by atoms with E-state index in [4.69, 9.17) is 4.84 Å². The smallest absolute Gasteiger partial charge is 0.274 e. The van der Waals surface area contributed by atoms with Crippen molar-refractivity contribution in [1.29, 1.82) is 0 Å². The van der Waals surface area contributed by atoms with Gasteiger partial charge in [-0.2, -0.15) is 5.06 Å². The van der Waals surface area contributed by atoms with Crippen molar-refractivity contribution in [3.63, 3.8) is 0 Å². The van der Waals surface area contributed by atoms with Crippen LogP contribution in [0.2, 0.25) is 0 Å². The monoisotopic (exact) mass is 318 g/mol. The minimum Gasteiger partial charge on any atom is -0.287 e. The fraction of sp³-hybridized carbons (Fsp3) is 0.556. The Morgan fingerprint density at radius 2 is 1.78 bits per heavy atom. The normalized spacial score (nSPS) is 21.1. The molecule has 0 bridgehead atoms. The second-order valence-corrected chi connectivity index (χ2v) is 7.35. The molecule has 1 aromatic rings. The zero-order valence-electron chi connectivity index (χ0n) is 14.4. The van der Waals surface area contributed by atoms with Gasteiger partial charge < -0.3 is 0 Å². The zero-order valence-corrected chi connectivity index (χ0v) is 14.4. The van der Waals surface area contributed by atoms with E-state index >= 15 is 0 Å². The standard InChI is InChI=1S/C18H26N2O3/c1-17(2)11-8-12-18(3,4)20(17)23-14-16(19(21)22)13-15-9-6-5-7-10-15/h5-7,9-10,13H,8,11-12,14H2,1-4H3/b16-13+. The van der Waals surface area contributed by atoms with Crippen molar-refractivity contribution in [3.05, 3.63) is 51.7 Å². The molecule has 0 aromatic heterocycles. The summed E-state index contributed by atoms with van der Waals surface area (Å²) in [5, 5.41) is 13.3. The van der Waals surface area contributed by atoms with E-state index in [2.05, 4.69) is 27.7 Å². The lowest BCUT2D eigenvalue weighted by Crippen LogP contribution is -2.58. The zero-order chi connectivity index (χ0) is 17.1. The van der Waals surface area contributed by atoms with Crippen molar-refractivity contribution in [2.75, 3.05) is 6.61 Å². The number of nitro groups is 1. The molecule has 0 aliphatic carbocycles. The third-order valence-corrected chi connectivity index (χ3v) is 4.39. The van der Waals surface area contributed by atoms with Gasteiger partial charge in [-0.15, -0.1) is 0 Å². The van der Waals surface area contributed by atoms with Crippen LogP contribution < -0.4 is 0 Å². The van der Waals surface area contributed by atoms with Gasteiger partial charge in [0.2, 0.25) is 0 Å². The van der Waals surface area contributed by atoms with Crippen LogP contribution in [-0.2, 0) is 4.84 Å². The fourth-order valence-electron chi connectivity index (χ4n) is 3.34. The van der Waals surface area contributed by atoms with Gasteiger partial charge in [-0.25, -0.2) is 0 Å². The highest BCUT2D eigenvalue weighted by Gasteiger charge is 2.42. The topological polar surface area (TPSA) is 55.6 Å². The SMILES string of the molecule is CC1(C)CCCC(C)(C)N1OC/C(=C\c1ccccc1)[N+](=O)[O-]. The summed E-state index contributed by atoms with van der Waals surface area (Å²) in [5.41, 5.74) is 0.611. The molecule has 0 atom stereocenters. The van der Waals surface area contributed by atoms with Crippen LogP contribution in [0.1, 0.15) is 52.5 Å². The molecule has 1 saturated heterocycles. The first-order valence-electron chi connectivity index (χ1n) is 8.06. The van der Waals surface area contributed by atoms with E-state index in [1.54, 1.807) is 6.08 Å². The Hall–Kier alpha value is -1.72. The van der Waals surface area contributed by atoms with Gasteiger partial charge in [0.1, 0.15) is 0 Å². The van der Waals surface area contributed by atoms with E-state index in [0.29, 0.717) is 0 Å². The third kappa shape index (κ3) is 4.39. The largest absolute Gasteiger partial charge is 0.287 e. The molecule has 0 radical (unpaired) electrons. The lowest BCUT2D eigenvalue weighted by Gasteiger charge is -2.51.